The van der Waals surface area contributed by atoms with Crippen LogP contribution in [0.5, 0.6) is 0 Å². The first-order chi connectivity index (χ1) is 11.9. The third kappa shape index (κ3) is 3.98. The van der Waals surface area contributed by atoms with Crippen LogP contribution in [-0.2, 0) is 19.6 Å². The third-order valence-corrected chi connectivity index (χ3v) is 6.81. The van der Waals surface area contributed by atoms with Crippen LogP contribution in [0.15, 0.2) is 23.1 Å². The van der Waals surface area contributed by atoms with Gasteiger partial charge in [-0.3, -0.25) is 10.1 Å². The average Bonchev–Trinajstić information content (AvgIpc) is 2.96. The maximum atomic E-state index is 12.8. The van der Waals surface area contributed by atoms with Gasteiger partial charge in [0.15, 0.2) is 5.13 Å². The van der Waals surface area contributed by atoms with Gasteiger partial charge in [-0.1, -0.05) is 11.3 Å². The van der Waals surface area contributed by atoms with E-state index < -0.39 is 10.0 Å². The van der Waals surface area contributed by atoms with Crippen LogP contribution in [0.4, 0.5) is 5.13 Å². The molecule has 0 spiro atoms. The van der Waals surface area contributed by atoms with Gasteiger partial charge in [0, 0.05) is 33.3 Å². The number of hydrogen-bond donors (Lipinski definition) is 1. The number of fused-ring (bicyclic) bond motifs is 1. The molecule has 25 heavy (non-hydrogen) atoms. The molecular weight excluding hydrogens is 364 g/mol. The molecule has 1 saturated heterocycles. The van der Waals surface area contributed by atoms with E-state index in [1.54, 1.807) is 18.2 Å². The Hall–Kier alpha value is -1.59. The Morgan fingerprint density at radius 3 is 2.72 bits per heavy atom. The van der Waals surface area contributed by atoms with Crippen molar-refractivity contribution in [2.24, 2.45) is 0 Å². The van der Waals surface area contributed by atoms with Gasteiger partial charge in [0.2, 0.25) is 10.0 Å². The Morgan fingerprint density at radius 2 is 2.04 bits per heavy atom. The van der Waals surface area contributed by atoms with Crippen molar-refractivity contribution in [1.29, 1.82) is 0 Å². The van der Waals surface area contributed by atoms with Crippen molar-refractivity contribution in [3.05, 3.63) is 18.2 Å². The van der Waals surface area contributed by atoms with E-state index in [2.05, 4.69) is 15.2 Å². The van der Waals surface area contributed by atoms with Gasteiger partial charge in [-0.25, -0.2) is 13.4 Å². The zero-order chi connectivity index (χ0) is 18.0. The number of methoxy groups -OCH3 is 1. The minimum atomic E-state index is -3.52. The molecule has 1 aliphatic rings. The molecule has 0 atom stereocenters. The molecule has 0 saturated carbocycles. The summed E-state index contributed by atoms with van der Waals surface area (Å²) in [5.41, 5.74) is 0.648. The molecule has 10 heteroatoms. The van der Waals surface area contributed by atoms with Gasteiger partial charge in [0.25, 0.3) is 5.91 Å². The van der Waals surface area contributed by atoms with E-state index in [1.165, 1.54) is 22.8 Å². The fourth-order valence-corrected chi connectivity index (χ4v) is 5.03. The van der Waals surface area contributed by atoms with E-state index in [9.17, 15) is 13.2 Å². The van der Waals surface area contributed by atoms with Crippen LogP contribution in [0.1, 0.15) is 0 Å². The monoisotopic (exact) mass is 384 g/mol. The number of amides is 1. The lowest BCUT2D eigenvalue weighted by molar-refractivity contribution is -0.119. The van der Waals surface area contributed by atoms with Gasteiger partial charge in [-0.15, -0.1) is 0 Å². The van der Waals surface area contributed by atoms with Crippen LogP contribution in [-0.4, -0.2) is 75.5 Å². The highest BCUT2D eigenvalue weighted by molar-refractivity contribution is 7.89. The van der Waals surface area contributed by atoms with Gasteiger partial charge in [0.05, 0.1) is 15.1 Å². The quantitative estimate of drug-likeness (QED) is 0.821. The van der Waals surface area contributed by atoms with Crippen LogP contribution < -0.4 is 5.32 Å². The number of thiazole rings is 1. The molecule has 1 amide bonds. The number of benzene rings is 1. The number of aromatic nitrogens is 1. The number of carbonyl (C=O) groups is 1. The van der Waals surface area contributed by atoms with Gasteiger partial charge in [-0.2, -0.15) is 4.31 Å². The number of carbonyl (C=O) groups excluding carboxylic acids is 1. The average molecular weight is 384 g/mol. The van der Waals surface area contributed by atoms with Crippen molar-refractivity contribution in [3.8, 4) is 0 Å². The summed E-state index contributed by atoms with van der Waals surface area (Å²) in [6.07, 6.45) is 0. The van der Waals surface area contributed by atoms with Crippen LogP contribution in [0.25, 0.3) is 10.2 Å². The van der Waals surface area contributed by atoms with E-state index in [-0.39, 0.29) is 17.4 Å². The molecule has 8 nitrogen and oxygen atoms in total. The second-order valence-electron chi connectivity index (χ2n) is 5.84. The molecule has 0 bridgehead atoms. The number of rotatable bonds is 5. The number of hydrogen-bond acceptors (Lipinski definition) is 7. The van der Waals surface area contributed by atoms with Crippen molar-refractivity contribution in [2.75, 3.05) is 52.3 Å². The molecule has 2 aromatic rings. The zero-order valence-corrected chi connectivity index (χ0v) is 15.7. The summed E-state index contributed by atoms with van der Waals surface area (Å²) in [5.74, 6) is -0.299. The summed E-state index contributed by atoms with van der Waals surface area (Å²) in [6, 6.07) is 4.85. The minimum Gasteiger partial charge on any atom is -0.375 e. The Kier molecular flexibility index (Phi) is 5.35. The lowest BCUT2D eigenvalue weighted by Crippen LogP contribution is -2.46. The molecule has 1 fully saturated rings. The molecular formula is C15H20N4O4S2. The molecule has 136 valence electrons. The molecule has 0 unspecified atom stereocenters. The predicted molar refractivity (Wildman–Crippen MR) is 96.4 cm³/mol. The molecule has 1 N–H and O–H groups in total. The van der Waals surface area contributed by atoms with E-state index in [0.717, 1.165) is 13.1 Å². The Bertz CT molecular complexity index is 873. The van der Waals surface area contributed by atoms with E-state index >= 15 is 0 Å². The fourth-order valence-electron chi connectivity index (χ4n) is 2.58. The highest BCUT2D eigenvalue weighted by Crippen LogP contribution is 2.29. The number of nitrogens with zero attached hydrogens (tertiary/aromatic N) is 3. The molecule has 2 heterocycles. The highest BCUT2D eigenvalue weighted by atomic mass is 32.2. The standard InChI is InChI=1S/C15H20N4O4S2/c1-18-5-7-19(8-6-18)25(21,22)11-3-4-12-13(9-11)24-15(16-12)17-14(20)10-23-2/h3-4,9H,5-8,10H2,1-2H3,(H,16,17,20). The minimum absolute atomic E-state index is 0.0566. The van der Waals surface area contributed by atoms with Crippen LogP contribution in [0.3, 0.4) is 0 Å². The maximum absolute atomic E-state index is 12.8. The first kappa shape index (κ1) is 18.2. The lowest BCUT2D eigenvalue weighted by Gasteiger charge is -2.31. The molecule has 1 aliphatic heterocycles. The summed E-state index contributed by atoms with van der Waals surface area (Å²) >= 11 is 1.24. The first-order valence-electron chi connectivity index (χ1n) is 7.78. The number of piperazine rings is 1. The summed E-state index contributed by atoms with van der Waals surface area (Å²) in [7, 11) is -0.104. The second-order valence-corrected chi connectivity index (χ2v) is 8.81. The summed E-state index contributed by atoms with van der Waals surface area (Å²) in [6.45, 7) is 2.35. The summed E-state index contributed by atoms with van der Waals surface area (Å²) in [5, 5.41) is 3.06. The van der Waals surface area contributed by atoms with Crippen molar-refractivity contribution in [3.63, 3.8) is 0 Å². The number of sulfonamides is 1. The van der Waals surface area contributed by atoms with E-state index in [1.807, 2.05) is 7.05 Å². The number of likely N-dealkylation sites (N-methyl/N-ethyl adjacent to an activating group) is 1. The molecule has 1 aromatic heterocycles. The van der Waals surface area contributed by atoms with Crippen LogP contribution >= 0.6 is 11.3 Å². The van der Waals surface area contributed by atoms with Crippen molar-refractivity contribution in [2.45, 2.75) is 4.90 Å². The molecule has 0 radical (unpaired) electrons. The Balaban J connectivity index is 1.84. The van der Waals surface area contributed by atoms with Crippen molar-refractivity contribution >= 4 is 42.6 Å². The maximum Gasteiger partial charge on any atom is 0.252 e. The number of anilines is 1. The van der Waals surface area contributed by atoms with Crippen LogP contribution in [0, 0.1) is 0 Å². The Morgan fingerprint density at radius 1 is 1.32 bits per heavy atom. The highest BCUT2D eigenvalue weighted by Gasteiger charge is 2.27. The van der Waals surface area contributed by atoms with Crippen LogP contribution in [0.2, 0.25) is 0 Å². The van der Waals surface area contributed by atoms with Gasteiger partial charge in [-0.05, 0) is 25.2 Å². The zero-order valence-electron chi connectivity index (χ0n) is 14.1. The predicted octanol–water partition coefficient (Wildman–Crippen LogP) is 0.817. The Labute approximate surface area is 150 Å². The SMILES string of the molecule is COCC(=O)Nc1nc2ccc(S(=O)(=O)N3CCN(C)CC3)cc2s1. The molecule has 3 rings (SSSR count). The molecule has 0 aliphatic carbocycles. The van der Waals surface area contributed by atoms with E-state index in [4.69, 9.17) is 4.74 Å². The van der Waals surface area contributed by atoms with Gasteiger partial charge in [0.1, 0.15) is 6.61 Å². The molecule has 1 aromatic carbocycles. The number of nitrogens with one attached hydrogen (secondary N) is 1. The second kappa shape index (κ2) is 7.34. The normalized spacial score (nSPS) is 17.0. The van der Waals surface area contributed by atoms with Crippen molar-refractivity contribution in [1.82, 2.24) is 14.2 Å². The largest absolute Gasteiger partial charge is 0.375 e. The van der Waals surface area contributed by atoms with E-state index in [0.29, 0.717) is 28.4 Å². The summed E-state index contributed by atoms with van der Waals surface area (Å²) < 4.78 is 32.6. The smallest absolute Gasteiger partial charge is 0.252 e. The third-order valence-electron chi connectivity index (χ3n) is 3.98. The van der Waals surface area contributed by atoms with Gasteiger partial charge >= 0.3 is 0 Å². The fraction of sp³-hybridized carbons (Fsp3) is 0.467. The number of ether oxygens (including phenoxy) is 1. The first-order valence-corrected chi connectivity index (χ1v) is 10.0. The van der Waals surface area contributed by atoms with Gasteiger partial charge < -0.3 is 9.64 Å². The topological polar surface area (TPSA) is 91.8 Å². The van der Waals surface area contributed by atoms with Crippen molar-refractivity contribution < 1.29 is 17.9 Å². The lowest BCUT2D eigenvalue weighted by atomic mass is 10.3. The summed E-state index contributed by atoms with van der Waals surface area (Å²) in [4.78, 5) is 18.2.